The summed E-state index contributed by atoms with van der Waals surface area (Å²) in [4.78, 5) is 38.9. The first-order chi connectivity index (χ1) is 21.2. The van der Waals surface area contributed by atoms with E-state index < -0.39 is 74.3 Å². The Balaban J connectivity index is -0.000000160. The molecule has 0 aliphatic carbocycles. The summed E-state index contributed by atoms with van der Waals surface area (Å²) in [6.07, 6.45) is 3.62. The van der Waals surface area contributed by atoms with Crippen LogP contribution < -0.4 is 0 Å². The topological polar surface area (TPSA) is 280 Å². The van der Waals surface area contributed by atoms with E-state index >= 15 is 0 Å². The van der Waals surface area contributed by atoms with E-state index in [0.29, 0.717) is 48.7 Å². The molecule has 0 aromatic rings. The van der Waals surface area contributed by atoms with Crippen LogP contribution in [0.15, 0.2) is 0 Å². The smallest absolute Gasteiger partial charge is 0.303 e. The molecule has 272 valence electrons. The molecule has 15 nitrogen and oxygen atoms in total. The molecule has 0 saturated heterocycles. The molecule has 10 N–H and O–H groups in total. The maximum absolute atomic E-state index is 9.72. The van der Waals surface area contributed by atoms with E-state index in [-0.39, 0.29) is 38.9 Å². The molecule has 0 aromatic carbocycles. The standard InChI is InChI=1S/C10H22O7.4C4H8O2S/c11-1-9(2-12,3-13)7-17-8-10(4-14,5-15)6-16;4*5-4(6)2-1-3-7/h11-16H,1-8H2;4*7H,1-3H2,(H,5,6). The molecule has 0 aromatic heterocycles. The van der Waals surface area contributed by atoms with Crippen LogP contribution in [0.2, 0.25) is 0 Å². The molecular weight excluding hydrogens is 681 g/mol. The zero-order chi connectivity index (χ0) is 36.2. The summed E-state index contributed by atoms with van der Waals surface area (Å²) in [5.41, 5.74) is -2.32. The monoisotopic (exact) mass is 734 g/mol. The van der Waals surface area contributed by atoms with E-state index in [2.05, 4.69) is 50.5 Å². The Morgan fingerprint density at radius 2 is 0.600 bits per heavy atom. The summed E-state index contributed by atoms with van der Waals surface area (Å²) in [6.45, 7) is -3.01. The highest BCUT2D eigenvalue weighted by molar-refractivity contribution is 7.80. The van der Waals surface area contributed by atoms with Gasteiger partial charge in [-0.05, 0) is 48.7 Å². The zero-order valence-electron chi connectivity index (χ0n) is 25.4. The lowest BCUT2D eigenvalue weighted by Crippen LogP contribution is -2.43. The number of rotatable bonds is 22. The maximum atomic E-state index is 9.72. The van der Waals surface area contributed by atoms with Crippen LogP contribution in [-0.2, 0) is 23.9 Å². The molecule has 0 bridgehead atoms. The SMILES string of the molecule is O=C(O)CCCS.O=C(O)CCCS.O=C(O)CCCS.O=C(O)CCCS.OCC(CO)(CO)COCC(CO)(CO)CO. The fourth-order valence-electron chi connectivity index (χ4n) is 1.98. The van der Waals surface area contributed by atoms with Gasteiger partial charge in [0.15, 0.2) is 0 Å². The van der Waals surface area contributed by atoms with Gasteiger partial charge in [0, 0.05) is 25.7 Å². The highest BCUT2D eigenvalue weighted by Crippen LogP contribution is 2.19. The van der Waals surface area contributed by atoms with E-state index in [9.17, 15) is 19.2 Å². The van der Waals surface area contributed by atoms with Gasteiger partial charge < -0.3 is 55.8 Å². The normalized spacial score (nSPS) is 10.4. The zero-order valence-corrected chi connectivity index (χ0v) is 29.0. The van der Waals surface area contributed by atoms with Crippen molar-refractivity contribution in [2.45, 2.75) is 51.4 Å². The van der Waals surface area contributed by atoms with E-state index in [1.165, 1.54) is 0 Å². The summed E-state index contributed by atoms with van der Waals surface area (Å²) in [7, 11) is 0. The highest BCUT2D eigenvalue weighted by atomic mass is 32.1. The second-order valence-corrected chi connectivity index (χ2v) is 11.1. The van der Waals surface area contributed by atoms with Crippen molar-refractivity contribution in [2.75, 3.05) is 75.9 Å². The summed E-state index contributed by atoms with van der Waals surface area (Å²) in [5, 5.41) is 86.2. The predicted octanol–water partition coefficient (Wildman–Crippen LogP) is 0.0536. The third kappa shape index (κ3) is 43.0. The Labute approximate surface area is 286 Å². The van der Waals surface area contributed by atoms with Gasteiger partial charge in [0.1, 0.15) is 0 Å². The van der Waals surface area contributed by atoms with E-state index in [0.717, 1.165) is 0 Å². The summed E-state index contributed by atoms with van der Waals surface area (Å²) >= 11 is 15.3. The fraction of sp³-hybridized carbons (Fsp3) is 0.846. The summed E-state index contributed by atoms with van der Waals surface area (Å²) < 4.78 is 5.15. The number of aliphatic hydroxyl groups excluding tert-OH is 6. The highest BCUT2D eigenvalue weighted by Gasteiger charge is 2.32. The molecule has 0 spiro atoms. The first kappa shape index (κ1) is 53.5. The number of carboxylic acid groups (broad SMARTS) is 4. The van der Waals surface area contributed by atoms with Crippen LogP contribution in [-0.4, -0.2) is 151 Å². The van der Waals surface area contributed by atoms with E-state index in [4.69, 9.17) is 55.8 Å². The number of hydrogen-bond donors (Lipinski definition) is 14. The maximum Gasteiger partial charge on any atom is 0.303 e. The third-order valence-corrected chi connectivity index (χ3v) is 6.29. The Bertz CT molecular complexity index is 587. The van der Waals surface area contributed by atoms with Crippen molar-refractivity contribution in [3.8, 4) is 0 Å². The number of thiol groups is 4. The largest absolute Gasteiger partial charge is 0.481 e. The molecule has 0 saturated carbocycles. The molecule has 0 fully saturated rings. The molecule has 19 heteroatoms. The predicted molar refractivity (Wildman–Crippen MR) is 181 cm³/mol. The minimum atomic E-state index is -1.16. The molecule has 0 heterocycles. The molecule has 0 aliphatic heterocycles. The Hall–Kier alpha value is -1.00. The minimum absolute atomic E-state index is 0.141. The van der Waals surface area contributed by atoms with Gasteiger partial charge in [-0.25, -0.2) is 0 Å². The summed E-state index contributed by atoms with van der Waals surface area (Å²) in [5.74, 6) is -0.330. The van der Waals surface area contributed by atoms with Gasteiger partial charge in [0.05, 0.1) is 63.7 Å². The van der Waals surface area contributed by atoms with Crippen molar-refractivity contribution >= 4 is 74.4 Å². The molecule has 0 atom stereocenters. The van der Waals surface area contributed by atoms with Gasteiger partial charge in [-0.1, -0.05) is 0 Å². The van der Waals surface area contributed by atoms with Crippen LogP contribution in [0.4, 0.5) is 0 Å². The van der Waals surface area contributed by atoms with E-state index in [1.54, 1.807) is 0 Å². The van der Waals surface area contributed by atoms with Crippen molar-refractivity contribution in [3.05, 3.63) is 0 Å². The van der Waals surface area contributed by atoms with Gasteiger partial charge in [0.2, 0.25) is 0 Å². The van der Waals surface area contributed by atoms with Gasteiger partial charge in [0.25, 0.3) is 0 Å². The number of carboxylic acids is 4. The second kappa shape index (κ2) is 39.2. The lowest BCUT2D eigenvalue weighted by molar-refractivity contribution is -0.138. The van der Waals surface area contributed by atoms with Crippen LogP contribution in [0.1, 0.15) is 51.4 Å². The van der Waals surface area contributed by atoms with Crippen molar-refractivity contribution in [1.82, 2.24) is 0 Å². The molecule has 45 heavy (non-hydrogen) atoms. The number of carbonyl (C=O) groups is 4. The van der Waals surface area contributed by atoms with Crippen LogP contribution in [0, 0.1) is 10.8 Å². The molecular formula is C26H54O15S4. The van der Waals surface area contributed by atoms with Crippen molar-refractivity contribution in [2.24, 2.45) is 10.8 Å². The third-order valence-electron chi connectivity index (χ3n) is 5.02. The average Bonchev–Trinajstić information content (AvgIpc) is 3.02. The summed E-state index contributed by atoms with van der Waals surface area (Å²) in [6, 6.07) is 0. The van der Waals surface area contributed by atoms with Gasteiger partial charge >= 0.3 is 23.9 Å². The molecule has 0 aliphatic rings. The molecule has 0 amide bonds. The van der Waals surface area contributed by atoms with Gasteiger partial charge in [-0.15, -0.1) is 0 Å². The first-order valence-electron chi connectivity index (χ1n) is 13.7. The lowest BCUT2D eigenvalue weighted by Gasteiger charge is -2.31. The molecule has 0 rings (SSSR count). The Morgan fingerprint density at radius 1 is 0.422 bits per heavy atom. The second-order valence-electron chi connectivity index (χ2n) is 9.33. The Morgan fingerprint density at radius 3 is 0.689 bits per heavy atom. The molecule has 0 unspecified atom stereocenters. The quantitative estimate of drug-likeness (QED) is 0.0655. The molecule has 0 radical (unpaired) electrons. The Kier molecular flexibility index (Phi) is 46.6. The van der Waals surface area contributed by atoms with E-state index in [1.807, 2.05) is 0 Å². The fourth-order valence-corrected chi connectivity index (χ4v) is 2.61. The number of hydrogen-bond acceptors (Lipinski definition) is 15. The number of aliphatic hydroxyl groups is 6. The van der Waals surface area contributed by atoms with Gasteiger partial charge in [-0.3, -0.25) is 19.2 Å². The number of ether oxygens (including phenoxy) is 1. The first-order valence-corrected chi connectivity index (χ1v) is 16.2. The van der Waals surface area contributed by atoms with Crippen LogP contribution >= 0.6 is 50.5 Å². The average molecular weight is 735 g/mol. The van der Waals surface area contributed by atoms with Crippen LogP contribution in [0.5, 0.6) is 0 Å². The van der Waals surface area contributed by atoms with Crippen molar-refractivity contribution in [1.29, 1.82) is 0 Å². The van der Waals surface area contributed by atoms with Gasteiger partial charge in [-0.2, -0.15) is 50.5 Å². The van der Waals surface area contributed by atoms with Crippen LogP contribution in [0.3, 0.4) is 0 Å². The lowest BCUT2D eigenvalue weighted by atomic mass is 9.91. The number of aliphatic carboxylic acids is 4. The van der Waals surface area contributed by atoms with Crippen LogP contribution in [0.25, 0.3) is 0 Å². The minimum Gasteiger partial charge on any atom is -0.481 e. The van der Waals surface area contributed by atoms with Crippen molar-refractivity contribution in [3.63, 3.8) is 0 Å². The van der Waals surface area contributed by atoms with Crippen molar-refractivity contribution < 1.29 is 75.0 Å².